The Kier molecular flexibility index (Phi) is 3.94. The van der Waals surface area contributed by atoms with Crippen LogP contribution in [-0.2, 0) is 0 Å². The molecule has 1 N–H and O–H groups in total. The number of pyridine rings is 1. The zero-order chi connectivity index (χ0) is 13.8. The maximum atomic E-state index is 13.7. The van der Waals surface area contributed by atoms with Crippen LogP contribution in [0.5, 0.6) is 5.88 Å². The lowest BCUT2D eigenvalue weighted by Crippen LogP contribution is -2.10. The second kappa shape index (κ2) is 5.65. The van der Waals surface area contributed by atoms with E-state index in [1.807, 2.05) is 0 Å². The summed E-state index contributed by atoms with van der Waals surface area (Å²) in [6.45, 7) is 1.74. The summed E-state index contributed by atoms with van der Waals surface area (Å²) in [5.41, 5.74) is 0.882. The van der Waals surface area contributed by atoms with Crippen molar-refractivity contribution >= 4 is 5.69 Å². The van der Waals surface area contributed by atoms with E-state index in [0.29, 0.717) is 11.6 Å². The Hall–Kier alpha value is -2.17. The average Bonchev–Trinajstić information content (AvgIpc) is 2.42. The molecule has 1 unspecified atom stereocenters. The van der Waals surface area contributed by atoms with Crippen LogP contribution >= 0.6 is 0 Å². The second-order valence-corrected chi connectivity index (χ2v) is 4.07. The molecule has 0 saturated carbocycles. The fraction of sp³-hybridized carbons (Fsp3) is 0.214. The van der Waals surface area contributed by atoms with Gasteiger partial charge in [0.1, 0.15) is 0 Å². The minimum atomic E-state index is -0.857. The first-order chi connectivity index (χ1) is 9.13. The summed E-state index contributed by atoms with van der Waals surface area (Å²) in [6.07, 6.45) is 1.59. The third-order valence-corrected chi connectivity index (χ3v) is 2.78. The number of anilines is 1. The van der Waals surface area contributed by atoms with E-state index >= 15 is 0 Å². The van der Waals surface area contributed by atoms with Gasteiger partial charge in [-0.3, -0.25) is 0 Å². The number of nitrogens with one attached hydrogen (secondary N) is 1. The summed E-state index contributed by atoms with van der Waals surface area (Å²) in [4.78, 5) is 4.03. The van der Waals surface area contributed by atoms with Crippen molar-refractivity contribution in [3.63, 3.8) is 0 Å². The molecule has 0 aliphatic rings. The fourth-order valence-electron chi connectivity index (χ4n) is 1.83. The van der Waals surface area contributed by atoms with Gasteiger partial charge in [-0.25, -0.2) is 13.8 Å². The summed E-state index contributed by atoms with van der Waals surface area (Å²) < 4.78 is 32.0. The second-order valence-electron chi connectivity index (χ2n) is 4.07. The summed E-state index contributed by atoms with van der Waals surface area (Å²) >= 11 is 0. The molecular weight excluding hydrogens is 250 g/mol. The van der Waals surface area contributed by atoms with Crippen molar-refractivity contribution in [2.24, 2.45) is 0 Å². The predicted molar refractivity (Wildman–Crippen MR) is 69.2 cm³/mol. The third-order valence-electron chi connectivity index (χ3n) is 2.78. The van der Waals surface area contributed by atoms with E-state index in [2.05, 4.69) is 10.3 Å². The minimum Gasteiger partial charge on any atom is -0.480 e. The van der Waals surface area contributed by atoms with Crippen molar-refractivity contribution in [3.05, 3.63) is 53.7 Å². The summed E-state index contributed by atoms with van der Waals surface area (Å²) in [5, 5.41) is 3.05. The Balaban J connectivity index is 2.26. The Bertz CT molecular complexity index is 575. The Labute approximate surface area is 110 Å². The number of hydrogen-bond donors (Lipinski definition) is 1. The van der Waals surface area contributed by atoms with Crippen molar-refractivity contribution in [2.75, 3.05) is 12.4 Å². The van der Waals surface area contributed by atoms with E-state index in [0.717, 1.165) is 6.07 Å². The summed E-state index contributed by atoms with van der Waals surface area (Å²) in [5.74, 6) is -1.29. The maximum Gasteiger partial charge on any atom is 0.237 e. The molecule has 5 heteroatoms. The Morgan fingerprint density at radius 3 is 2.74 bits per heavy atom. The fourth-order valence-corrected chi connectivity index (χ4v) is 1.83. The van der Waals surface area contributed by atoms with Gasteiger partial charge in [-0.15, -0.1) is 0 Å². The highest BCUT2D eigenvalue weighted by atomic mass is 19.2. The lowest BCUT2D eigenvalue weighted by molar-refractivity contribution is 0.399. The number of nitrogens with zero attached hydrogens (tertiary/aromatic N) is 1. The summed E-state index contributed by atoms with van der Waals surface area (Å²) in [7, 11) is 1.50. The van der Waals surface area contributed by atoms with E-state index in [-0.39, 0.29) is 5.56 Å². The number of methoxy groups -OCH3 is 1. The molecule has 0 aliphatic carbocycles. The van der Waals surface area contributed by atoms with Gasteiger partial charge in [0.05, 0.1) is 18.8 Å². The topological polar surface area (TPSA) is 34.1 Å². The van der Waals surface area contributed by atoms with Crippen LogP contribution < -0.4 is 10.1 Å². The van der Waals surface area contributed by atoms with Crippen molar-refractivity contribution in [3.8, 4) is 5.88 Å². The zero-order valence-corrected chi connectivity index (χ0v) is 10.7. The van der Waals surface area contributed by atoms with Crippen molar-refractivity contribution < 1.29 is 13.5 Å². The quantitative estimate of drug-likeness (QED) is 0.917. The van der Waals surface area contributed by atoms with Crippen molar-refractivity contribution in [1.82, 2.24) is 4.98 Å². The number of rotatable bonds is 4. The van der Waals surface area contributed by atoms with Crippen molar-refractivity contribution in [2.45, 2.75) is 13.0 Å². The van der Waals surface area contributed by atoms with E-state index in [1.54, 1.807) is 31.3 Å². The van der Waals surface area contributed by atoms with E-state index in [1.165, 1.54) is 13.2 Å². The van der Waals surface area contributed by atoms with Gasteiger partial charge < -0.3 is 10.1 Å². The van der Waals surface area contributed by atoms with Gasteiger partial charge in [0.15, 0.2) is 11.6 Å². The number of hydrogen-bond acceptors (Lipinski definition) is 3. The molecule has 100 valence electrons. The molecule has 0 aliphatic heterocycles. The Morgan fingerprint density at radius 1 is 1.21 bits per heavy atom. The maximum absolute atomic E-state index is 13.7. The van der Waals surface area contributed by atoms with Gasteiger partial charge in [-0.05, 0) is 25.1 Å². The molecule has 1 heterocycles. The Morgan fingerprint density at radius 2 is 2.00 bits per heavy atom. The van der Waals surface area contributed by atoms with Gasteiger partial charge in [-0.2, -0.15) is 0 Å². The monoisotopic (exact) mass is 264 g/mol. The molecule has 0 amide bonds. The van der Waals surface area contributed by atoms with Gasteiger partial charge in [0, 0.05) is 11.8 Å². The average molecular weight is 264 g/mol. The highest BCUT2D eigenvalue weighted by Gasteiger charge is 2.15. The van der Waals surface area contributed by atoms with Crippen LogP contribution in [0.4, 0.5) is 14.5 Å². The van der Waals surface area contributed by atoms with Gasteiger partial charge >= 0.3 is 0 Å². The number of benzene rings is 1. The molecule has 0 saturated heterocycles. The molecule has 3 nitrogen and oxygen atoms in total. The SMILES string of the molecule is COc1ncccc1NC(C)c1cccc(F)c1F. The normalized spacial score (nSPS) is 12.0. The molecule has 1 aromatic heterocycles. The molecule has 1 aromatic carbocycles. The molecule has 0 radical (unpaired) electrons. The molecule has 0 bridgehead atoms. The molecule has 19 heavy (non-hydrogen) atoms. The standard InChI is InChI=1S/C14H14F2N2O/c1-9(10-5-3-6-11(15)13(10)16)18-12-7-4-8-17-14(12)19-2/h3-9,18H,1-2H3. The highest BCUT2D eigenvalue weighted by molar-refractivity contribution is 5.53. The van der Waals surface area contributed by atoms with Crippen LogP contribution in [0.3, 0.4) is 0 Å². The van der Waals surface area contributed by atoms with Crippen LogP contribution in [-0.4, -0.2) is 12.1 Å². The molecule has 0 spiro atoms. The first-order valence-corrected chi connectivity index (χ1v) is 5.83. The predicted octanol–water partition coefficient (Wildman–Crippen LogP) is 3.54. The van der Waals surface area contributed by atoms with Crippen LogP contribution in [0.1, 0.15) is 18.5 Å². The third kappa shape index (κ3) is 2.81. The molecule has 2 aromatic rings. The lowest BCUT2D eigenvalue weighted by atomic mass is 10.1. The lowest BCUT2D eigenvalue weighted by Gasteiger charge is -2.17. The molecule has 0 fully saturated rings. The van der Waals surface area contributed by atoms with E-state index in [4.69, 9.17) is 4.74 Å². The molecule has 1 atom stereocenters. The zero-order valence-electron chi connectivity index (χ0n) is 10.7. The number of ether oxygens (including phenoxy) is 1. The number of halogens is 2. The van der Waals surface area contributed by atoms with Crippen molar-refractivity contribution in [1.29, 1.82) is 0 Å². The molecule has 2 rings (SSSR count). The smallest absolute Gasteiger partial charge is 0.237 e. The van der Waals surface area contributed by atoms with Crippen LogP contribution in [0.2, 0.25) is 0 Å². The summed E-state index contributed by atoms with van der Waals surface area (Å²) in [6, 6.07) is 7.20. The van der Waals surface area contributed by atoms with Crippen LogP contribution in [0.15, 0.2) is 36.5 Å². The first kappa shape index (κ1) is 13.3. The molecular formula is C14H14F2N2O. The first-order valence-electron chi connectivity index (χ1n) is 5.83. The largest absolute Gasteiger partial charge is 0.480 e. The van der Waals surface area contributed by atoms with Gasteiger partial charge in [-0.1, -0.05) is 12.1 Å². The highest BCUT2D eigenvalue weighted by Crippen LogP contribution is 2.27. The van der Waals surface area contributed by atoms with Gasteiger partial charge in [0.25, 0.3) is 0 Å². The van der Waals surface area contributed by atoms with E-state index < -0.39 is 17.7 Å². The minimum absolute atomic E-state index is 0.255. The van der Waals surface area contributed by atoms with Gasteiger partial charge in [0.2, 0.25) is 5.88 Å². The van der Waals surface area contributed by atoms with Crippen LogP contribution in [0.25, 0.3) is 0 Å². The number of aromatic nitrogens is 1. The van der Waals surface area contributed by atoms with E-state index in [9.17, 15) is 8.78 Å². The van der Waals surface area contributed by atoms with Crippen LogP contribution in [0, 0.1) is 11.6 Å².